The van der Waals surface area contributed by atoms with E-state index in [0.717, 1.165) is 0 Å². The van der Waals surface area contributed by atoms with Gasteiger partial charge >= 0.3 is 0 Å². The molecule has 11 heavy (non-hydrogen) atoms. The lowest BCUT2D eigenvalue weighted by atomic mass is 10.0. The highest BCUT2D eigenvalue weighted by molar-refractivity contribution is 5.25. The molecule has 0 aliphatic heterocycles. The quantitative estimate of drug-likeness (QED) is 0.532. The molecule has 0 fully saturated rings. The van der Waals surface area contributed by atoms with Crippen molar-refractivity contribution < 1.29 is 0 Å². The summed E-state index contributed by atoms with van der Waals surface area (Å²) >= 11 is 0. The second-order valence-corrected chi connectivity index (χ2v) is 3.31. The molecular weight excluding hydrogens is 132 g/mol. The molecule has 1 rings (SSSR count). The highest BCUT2D eigenvalue weighted by Crippen LogP contribution is 2.20. The van der Waals surface area contributed by atoms with Crippen LogP contribution in [0.2, 0.25) is 0 Å². The average molecular weight is 150 g/mol. The van der Waals surface area contributed by atoms with E-state index in [-0.39, 0.29) is 0 Å². The van der Waals surface area contributed by atoms with Crippen molar-refractivity contribution >= 4 is 0 Å². The van der Waals surface area contributed by atoms with Crippen LogP contribution in [0.3, 0.4) is 0 Å². The number of allylic oxidation sites excluding steroid dienone is 4. The van der Waals surface area contributed by atoms with E-state index in [4.69, 9.17) is 0 Å². The summed E-state index contributed by atoms with van der Waals surface area (Å²) in [6, 6.07) is 0. The number of rotatable bonds is 1. The monoisotopic (exact) mass is 150 g/mol. The van der Waals surface area contributed by atoms with Crippen LogP contribution in [0.5, 0.6) is 0 Å². The molecule has 0 unspecified atom stereocenters. The number of hydrogen-bond acceptors (Lipinski definition) is 0. The van der Waals surface area contributed by atoms with E-state index in [2.05, 4.69) is 26.0 Å². The molecule has 1 aliphatic carbocycles. The fourth-order valence-corrected chi connectivity index (χ4v) is 1.47. The minimum absolute atomic E-state index is 1.21. The van der Waals surface area contributed by atoms with Crippen LogP contribution in [0.1, 0.15) is 46.0 Å². The van der Waals surface area contributed by atoms with Crippen molar-refractivity contribution in [2.75, 3.05) is 0 Å². The summed E-state index contributed by atoms with van der Waals surface area (Å²) in [7, 11) is 0. The molecule has 0 heteroatoms. The van der Waals surface area contributed by atoms with Crippen LogP contribution in [-0.2, 0) is 0 Å². The van der Waals surface area contributed by atoms with Crippen LogP contribution in [0.4, 0.5) is 0 Å². The molecule has 0 nitrogen and oxygen atoms in total. The van der Waals surface area contributed by atoms with Crippen LogP contribution in [-0.4, -0.2) is 0 Å². The van der Waals surface area contributed by atoms with Crippen LogP contribution in [0.15, 0.2) is 23.3 Å². The van der Waals surface area contributed by atoms with Gasteiger partial charge in [-0.05, 0) is 44.6 Å². The Bertz CT molecular complexity index is 172. The Kier molecular flexibility index (Phi) is 3.41. The lowest BCUT2D eigenvalue weighted by Gasteiger charge is -2.03. The van der Waals surface area contributed by atoms with Gasteiger partial charge in [0, 0.05) is 0 Å². The van der Waals surface area contributed by atoms with Crippen LogP contribution < -0.4 is 0 Å². The molecule has 0 radical (unpaired) electrons. The average Bonchev–Trinajstić information content (AvgIpc) is 2.30. The van der Waals surface area contributed by atoms with Crippen LogP contribution in [0.25, 0.3) is 0 Å². The van der Waals surface area contributed by atoms with Gasteiger partial charge in [0.15, 0.2) is 0 Å². The first-order chi connectivity index (χ1) is 5.34. The van der Waals surface area contributed by atoms with Crippen molar-refractivity contribution in [1.82, 2.24) is 0 Å². The fraction of sp³-hybridized carbons (Fsp3) is 0.636. The van der Waals surface area contributed by atoms with Gasteiger partial charge in [-0.15, -0.1) is 0 Å². The summed E-state index contributed by atoms with van der Waals surface area (Å²) in [5, 5.41) is 0. The third-order valence-corrected chi connectivity index (χ3v) is 2.46. The first-order valence-corrected chi connectivity index (χ1v) is 4.69. The zero-order chi connectivity index (χ0) is 8.10. The third kappa shape index (κ3) is 2.53. The molecule has 0 bridgehead atoms. The Morgan fingerprint density at radius 2 is 2.27 bits per heavy atom. The van der Waals surface area contributed by atoms with E-state index in [1.54, 1.807) is 11.1 Å². The van der Waals surface area contributed by atoms with Gasteiger partial charge in [0.05, 0.1) is 0 Å². The second-order valence-electron chi connectivity index (χ2n) is 3.31. The van der Waals surface area contributed by atoms with Gasteiger partial charge in [-0.25, -0.2) is 0 Å². The minimum Gasteiger partial charge on any atom is -0.0843 e. The van der Waals surface area contributed by atoms with Gasteiger partial charge < -0.3 is 0 Å². The molecule has 0 amide bonds. The molecule has 0 aromatic carbocycles. The first kappa shape index (κ1) is 8.58. The molecule has 0 aromatic rings. The van der Waals surface area contributed by atoms with Gasteiger partial charge in [-0.1, -0.05) is 24.6 Å². The summed E-state index contributed by atoms with van der Waals surface area (Å²) in [6.07, 6.45) is 11.2. The molecule has 62 valence electrons. The summed E-state index contributed by atoms with van der Waals surface area (Å²) in [5.41, 5.74) is 3.16. The predicted octanol–water partition coefficient (Wildman–Crippen LogP) is 3.84. The minimum atomic E-state index is 1.21. The van der Waals surface area contributed by atoms with Crippen molar-refractivity contribution in [3.63, 3.8) is 0 Å². The van der Waals surface area contributed by atoms with E-state index in [1.807, 2.05) is 0 Å². The normalized spacial score (nSPS) is 23.1. The lowest BCUT2D eigenvalue weighted by Crippen LogP contribution is -1.83. The SMILES string of the molecule is CC/C(C)=C1\C=CCCCC1. The molecule has 0 atom stereocenters. The van der Waals surface area contributed by atoms with Crippen molar-refractivity contribution in [2.24, 2.45) is 0 Å². The maximum Gasteiger partial charge on any atom is -0.0279 e. The fourth-order valence-electron chi connectivity index (χ4n) is 1.47. The molecule has 1 aliphatic rings. The lowest BCUT2D eigenvalue weighted by molar-refractivity contribution is 0.759. The Hall–Kier alpha value is -0.520. The van der Waals surface area contributed by atoms with E-state index in [9.17, 15) is 0 Å². The Morgan fingerprint density at radius 3 is 3.00 bits per heavy atom. The van der Waals surface area contributed by atoms with E-state index < -0.39 is 0 Å². The molecule has 0 aromatic heterocycles. The van der Waals surface area contributed by atoms with E-state index in [1.165, 1.54) is 32.1 Å². The van der Waals surface area contributed by atoms with Gasteiger partial charge in [0.1, 0.15) is 0 Å². The van der Waals surface area contributed by atoms with Gasteiger partial charge in [-0.2, -0.15) is 0 Å². The predicted molar refractivity (Wildman–Crippen MR) is 50.6 cm³/mol. The summed E-state index contributed by atoms with van der Waals surface area (Å²) < 4.78 is 0. The zero-order valence-corrected chi connectivity index (χ0v) is 7.69. The highest BCUT2D eigenvalue weighted by Gasteiger charge is 2.00. The first-order valence-electron chi connectivity index (χ1n) is 4.69. The Balaban J connectivity index is 2.68. The van der Waals surface area contributed by atoms with Crippen LogP contribution >= 0.6 is 0 Å². The maximum absolute atomic E-state index is 2.33. The van der Waals surface area contributed by atoms with Gasteiger partial charge in [0.2, 0.25) is 0 Å². The topological polar surface area (TPSA) is 0 Å². The number of hydrogen-bond donors (Lipinski definition) is 0. The van der Waals surface area contributed by atoms with E-state index in [0.29, 0.717) is 0 Å². The summed E-state index contributed by atoms with van der Waals surface area (Å²) in [5.74, 6) is 0. The Morgan fingerprint density at radius 1 is 1.45 bits per heavy atom. The van der Waals surface area contributed by atoms with Crippen molar-refractivity contribution in [3.8, 4) is 0 Å². The molecule has 0 N–H and O–H groups in total. The van der Waals surface area contributed by atoms with Crippen molar-refractivity contribution in [3.05, 3.63) is 23.3 Å². The third-order valence-electron chi connectivity index (χ3n) is 2.46. The van der Waals surface area contributed by atoms with E-state index >= 15 is 0 Å². The highest BCUT2D eigenvalue weighted by atomic mass is 14.1. The molecular formula is C11H18. The van der Waals surface area contributed by atoms with Crippen LogP contribution in [0, 0.1) is 0 Å². The largest absolute Gasteiger partial charge is 0.0843 e. The van der Waals surface area contributed by atoms with Gasteiger partial charge in [0.25, 0.3) is 0 Å². The Labute approximate surface area is 70.0 Å². The van der Waals surface area contributed by atoms with Gasteiger partial charge in [-0.3, -0.25) is 0 Å². The second kappa shape index (κ2) is 4.38. The van der Waals surface area contributed by atoms with Crippen molar-refractivity contribution in [2.45, 2.75) is 46.0 Å². The summed E-state index contributed by atoms with van der Waals surface area (Å²) in [4.78, 5) is 0. The smallest absolute Gasteiger partial charge is 0.0279 e. The molecule has 0 saturated carbocycles. The molecule has 0 spiro atoms. The molecule has 0 heterocycles. The summed E-state index contributed by atoms with van der Waals surface area (Å²) in [6.45, 7) is 4.49. The molecule has 0 saturated heterocycles. The maximum atomic E-state index is 2.33. The van der Waals surface area contributed by atoms with Crippen molar-refractivity contribution in [1.29, 1.82) is 0 Å². The zero-order valence-electron chi connectivity index (χ0n) is 7.69. The standard InChI is InChI=1S/C11H18/c1-3-10(2)11-8-6-4-5-7-9-11/h6,8H,3-5,7,9H2,1-2H3/b11-10+.